The van der Waals surface area contributed by atoms with Gasteiger partial charge in [-0.25, -0.2) is 0 Å². The molecule has 130 valence electrons. The molecule has 0 aliphatic rings. The van der Waals surface area contributed by atoms with Crippen LogP contribution < -0.4 is 5.32 Å². The van der Waals surface area contributed by atoms with Crippen LogP contribution in [0, 0.1) is 0 Å². The van der Waals surface area contributed by atoms with Gasteiger partial charge in [0.15, 0.2) is 0 Å². The summed E-state index contributed by atoms with van der Waals surface area (Å²) in [6, 6.07) is 26.6. The highest BCUT2D eigenvalue weighted by molar-refractivity contribution is 6.04. The van der Waals surface area contributed by atoms with Gasteiger partial charge in [0.1, 0.15) is 5.78 Å². The van der Waals surface area contributed by atoms with Crippen molar-refractivity contribution in [3.8, 4) is 0 Å². The number of hydrogen-bond donors (Lipinski definition) is 1. The number of anilines is 1. The van der Waals surface area contributed by atoms with E-state index >= 15 is 0 Å². The lowest BCUT2D eigenvalue weighted by Crippen LogP contribution is -2.11. The van der Waals surface area contributed by atoms with Crippen molar-refractivity contribution in [3.05, 3.63) is 102 Å². The molecule has 0 aliphatic carbocycles. The van der Waals surface area contributed by atoms with Crippen LogP contribution in [0.3, 0.4) is 0 Å². The fraction of sp³-hybridized carbons (Fsp3) is 0.130. The van der Waals surface area contributed by atoms with Crippen molar-refractivity contribution in [3.63, 3.8) is 0 Å². The van der Waals surface area contributed by atoms with Gasteiger partial charge in [0.25, 0.3) is 5.91 Å². The van der Waals surface area contributed by atoms with E-state index in [4.69, 9.17) is 0 Å². The van der Waals surface area contributed by atoms with Crippen LogP contribution in [0.15, 0.2) is 84.9 Å². The molecular formula is C23H21NO2. The van der Waals surface area contributed by atoms with Gasteiger partial charge in [-0.3, -0.25) is 9.59 Å². The molecule has 1 amide bonds. The quantitative estimate of drug-likeness (QED) is 0.677. The summed E-state index contributed by atoms with van der Waals surface area (Å²) >= 11 is 0. The molecule has 3 nitrogen and oxygen atoms in total. The van der Waals surface area contributed by atoms with E-state index in [0.29, 0.717) is 18.4 Å². The van der Waals surface area contributed by atoms with Gasteiger partial charge < -0.3 is 5.32 Å². The Hall–Kier alpha value is -3.20. The van der Waals surface area contributed by atoms with Crippen LogP contribution in [0.2, 0.25) is 0 Å². The summed E-state index contributed by atoms with van der Waals surface area (Å²) < 4.78 is 0. The van der Waals surface area contributed by atoms with Crippen molar-refractivity contribution in [2.24, 2.45) is 0 Å². The fourth-order valence-electron chi connectivity index (χ4n) is 2.74. The lowest BCUT2D eigenvalue weighted by Gasteiger charge is -2.07. The molecule has 0 saturated carbocycles. The van der Waals surface area contributed by atoms with E-state index in [1.54, 1.807) is 12.1 Å². The Labute approximate surface area is 153 Å². The smallest absolute Gasteiger partial charge is 0.255 e. The Bertz CT molecular complexity index is 856. The number of rotatable bonds is 7. The molecule has 0 bridgehead atoms. The largest absolute Gasteiger partial charge is 0.322 e. The number of ketones is 1. The molecule has 0 atom stereocenters. The van der Waals surface area contributed by atoms with Crippen LogP contribution in [0.4, 0.5) is 5.69 Å². The highest BCUT2D eigenvalue weighted by Gasteiger charge is 2.07. The van der Waals surface area contributed by atoms with E-state index in [1.807, 2.05) is 72.8 Å². The second kappa shape index (κ2) is 8.77. The van der Waals surface area contributed by atoms with Crippen molar-refractivity contribution in [1.82, 2.24) is 0 Å². The van der Waals surface area contributed by atoms with E-state index < -0.39 is 0 Å². The van der Waals surface area contributed by atoms with Crippen molar-refractivity contribution < 1.29 is 9.59 Å². The summed E-state index contributed by atoms with van der Waals surface area (Å²) in [6.45, 7) is 0. The Morgan fingerprint density at radius 3 is 1.96 bits per heavy atom. The molecule has 3 rings (SSSR count). The molecule has 0 saturated heterocycles. The van der Waals surface area contributed by atoms with Crippen molar-refractivity contribution in [2.75, 3.05) is 5.32 Å². The van der Waals surface area contributed by atoms with Crippen LogP contribution in [-0.4, -0.2) is 11.7 Å². The Morgan fingerprint density at radius 2 is 1.31 bits per heavy atom. The third kappa shape index (κ3) is 5.15. The number of amides is 1. The lowest BCUT2D eigenvalue weighted by atomic mass is 10.0. The van der Waals surface area contributed by atoms with Crippen molar-refractivity contribution >= 4 is 17.4 Å². The van der Waals surface area contributed by atoms with E-state index in [9.17, 15) is 9.59 Å². The second-order valence-electron chi connectivity index (χ2n) is 6.22. The first-order chi connectivity index (χ1) is 12.7. The van der Waals surface area contributed by atoms with Crippen LogP contribution in [0.25, 0.3) is 0 Å². The number of Topliss-reactive ketones (excluding diaryl/α,β-unsaturated/α-hetero) is 1. The summed E-state index contributed by atoms with van der Waals surface area (Å²) in [4.78, 5) is 24.3. The maximum Gasteiger partial charge on any atom is 0.255 e. The third-order valence-corrected chi connectivity index (χ3v) is 4.18. The number of benzene rings is 3. The fourth-order valence-corrected chi connectivity index (χ4v) is 2.74. The second-order valence-corrected chi connectivity index (χ2v) is 6.22. The minimum Gasteiger partial charge on any atom is -0.322 e. The molecule has 0 radical (unpaired) electrons. The van der Waals surface area contributed by atoms with Crippen LogP contribution in [0.1, 0.15) is 27.9 Å². The summed E-state index contributed by atoms with van der Waals surface area (Å²) in [7, 11) is 0. The van der Waals surface area contributed by atoms with Gasteiger partial charge in [0, 0.05) is 24.1 Å². The van der Waals surface area contributed by atoms with E-state index in [1.165, 1.54) is 5.56 Å². The molecule has 0 heterocycles. The van der Waals surface area contributed by atoms with Crippen LogP contribution >= 0.6 is 0 Å². The Morgan fingerprint density at radius 1 is 0.692 bits per heavy atom. The summed E-state index contributed by atoms with van der Waals surface area (Å²) in [5.74, 6) is 0.0761. The maximum atomic E-state index is 12.2. The molecule has 3 heteroatoms. The van der Waals surface area contributed by atoms with Gasteiger partial charge in [0.05, 0.1) is 0 Å². The molecule has 0 spiro atoms. The van der Waals surface area contributed by atoms with Crippen LogP contribution in [0.5, 0.6) is 0 Å². The van der Waals surface area contributed by atoms with E-state index in [2.05, 4.69) is 5.32 Å². The molecule has 0 aliphatic heterocycles. The van der Waals surface area contributed by atoms with Gasteiger partial charge in [0.2, 0.25) is 0 Å². The summed E-state index contributed by atoms with van der Waals surface area (Å²) in [5, 5.41) is 2.86. The summed E-state index contributed by atoms with van der Waals surface area (Å²) in [5.41, 5.74) is 3.48. The average molecular weight is 343 g/mol. The minimum atomic E-state index is -0.141. The number of carbonyl (C=O) groups excluding carboxylic acids is 2. The zero-order valence-corrected chi connectivity index (χ0v) is 14.5. The maximum absolute atomic E-state index is 12.2. The average Bonchev–Trinajstić information content (AvgIpc) is 2.69. The molecule has 26 heavy (non-hydrogen) atoms. The first-order valence-electron chi connectivity index (χ1n) is 8.72. The van der Waals surface area contributed by atoms with E-state index in [0.717, 1.165) is 17.7 Å². The van der Waals surface area contributed by atoms with Gasteiger partial charge >= 0.3 is 0 Å². The van der Waals surface area contributed by atoms with Gasteiger partial charge in [-0.05, 0) is 41.8 Å². The molecule has 1 N–H and O–H groups in total. The van der Waals surface area contributed by atoms with Gasteiger partial charge in [-0.2, -0.15) is 0 Å². The predicted octanol–water partition coefficient (Wildman–Crippen LogP) is 4.68. The highest BCUT2D eigenvalue weighted by atomic mass is 16.1. The molecule has 0 aromatic heterocycles. The first kappa shape index (κ1) is 17.6. The lowest BCUT2D eigenvalue weighted by molar-refractivity contribution is -0.118. The van der Waals surface area contributed by atoms with Gasteiger partial charge in [-0.15, -0.1) is 0 Å². The monoisotopic (exact) mass is 343 g/mol. The first-order valence-corrected chi connectivity index (χ1v) is 8.72. The van der Waals surface area contributed by atoms with Crippen molar-refractivity contribution in [1.29, 1.82) is 0 Å². The molecule has 3 aromatic rings. The predicted molar refractivity (Wildman–Crippen MR) is 104 cm³/mol. The molecule has 0 fully saturated rings. The zero-order valence-electron chi connectivity index (χ0n) is 14.5. The zero-order chi connectivity index (χ0) is 18.2. The van der Waals surface area contributed by atoms with E-state index in [-0.39, 0.29) is 11.7 Å². The minimum absolute atomic E-state index is 0.141. The third-order valence-electron chi connectivity index (χ3n) is 4.18. The topological polar surface area (TPSA) is 46.2 Å². The number of nitrogens with one attached hydrogen (secondary N) is 1. The summed E-state index contributed by atoms with van der Waals surface area (Å²) in [6.07, 6.45) is 1.72. The normalized spacial score (nSPS) is 10.3. The Kier molecular flexibility index (Phi) is 5.94. The number of hydrogen-bond acceptors (Lipinski definition) is 2. The highest BCUT2D eigenvalue weighted by Crippen LogP contribution is 2.13. The SMILES string of the molecule is O=C(CCc1ccccc1)Cc1ccc(NC(=O)c2ccccc2)cc1. The van der Waals surface area contributed by atoms with Crippen LogP contribution in [-0.2, 0) is 17.6 Å². The Balaban J connectivity index is 1.51. The molecular weight excluding hydrogens is 322 g/mol. The molecule has 0 unspecified atom stereocenters. The van der Waals surface area contributed by atoms with Crippen molar-refractivity contribution in [2.45, 2.75) is 19.3 Å². The number of aryl methyl sites for hydroxylation is 1. The standard InChI is InChI=1S/C23H21NO2/c25-22(16-13-18-7-3-1-4-8-18)17-19-11-14-21(15-12-19)24-23(26)20-9-5-2-6-10-20/h1-12,14-15H,13,16-17H2,(H,24,26). The molecule has 3 aromatic carbocycles. The van der Waals surface area contributed by atoms with Gasteiger partial charge in [-0.1, -0.05) is 60.7 Å². The number of carbonyl (C=O) groups is 2.